The van der Waals surface area contributed by atoms with Crippen LogP contribution in [-0.4, -0.2) is 17.7 Å². The number of hydrogen-bond acceptors (Lipinski definition) is 2. The van der Waals surface area contributed by atoms with Crippen LogP contribution in [0.5, 0.6) is 5.75 Å². The number of hydrogen-bond donors (Lipinski definition) is 1. The van der Waals surface area contributed by atoms with Crippen molar-refractivity contribution in [1.82, 2.24) is 0 Å². The van der Waals surface area contributed by atoms with Crippen molar-refractivity contribution < 1.29 is 14.6 Å². The maximum atomic E-state index is 11.5. The van der Waals surface area contributed by atoms with Crippen molar-refractivity contribution in [2.45, 2.75) is 45.4 Å². The van der Waals surface area contributed by atoms with Gasteiger partial charge >= 0.3 is 5.97 Å². The Hall–Kier alpha value is -1.51. The average Bonchev–Trinajstić information content (AvgIpc) is 2.42. The number of para-hydroxylation sites is 1. The van der Waals surface area contributed by atoms with Gasteiger partial charge in [-0.3, -0.25) is 4.79 Å². The third-order valence-corrected chi connectivity index (χ3v) is 4.20. The van der Waals surface area contributed by atoms with E-state index in [2.05, 4.69) is 0 Å². The maximum absolute atomic E-state index is 11.5. The first-order valence-electron chi connectivity index (χ1n) is 7.06. The second-order valence-corrected chi connectivity index (χ2v) is 5.51. The van der Waals surface area contributed by atoms with Crippen molar-refractivity contribution in [2.24, 2.45) is 5.41 Å². The van der Waals surface area contributed by atoms with Crippen LogP contribution in [0.2, 0.25) is 0 Å². The van der Waals surface area contributed by atoms with E-state index in [4.69, 9.17) is 4.74 Å². The number of aliphatic carboxylic acids is 1. The van der Waals surface area contributed by atoms with Gasteiger partial charge in [-0.25, -0.2) is 0 Å². The monoisotopic (exact) mass is 262 g/mol. The molecular formula is C16H22O3. The summed E-state index contributed by atoms with van der Waals surface area (Å²) in [6.45, 7) is 2.49. The van der Waals surface area contributed by atoms with Gasteiger partial charge in [0.2, 0.25) is 0 Å². The van der Waals surface area contributed by atoms with Crippen molar-refractivity contribution in [3.63, 3.8) is 0 Å². The summed E-state index contributed by atoms with van der Waals surface area (Å²) in [6, 6.07) is 7.85. The van der Waals surface area contributed by atoms with Crippen LogP contribution < -0.4 is 4.74 Å². The number of rotatable bonds is 5. The van der Waals surface area contributed by atoms with Crippen LogP contribution in [0, 0.1) is 12.3 Å². The molecule has 3 nitrogen and oxygen atoms in total. The summed E-state index contributed by atoms with van der Waals surface area (Å²) in [5, 5.41) is 9.48. The standard InChI is InChI=1S/C16H22O3/c1-13-7-3-4-8-14(13)19-12-11-16(15(17)18)9-5-2-6-10-16/h3-4,7-8H,2,5-6,9-12H2,1H3,(H,17,18). The third-order valence-electron chi connectivity index (χ3n) is 4.20. The Labute approximate surface area is 114 Å². The molecule has 0 saturated heterocycles. The topological polar surface area (TPSA) is 46.5 Å². The molecule has 0 bridgehead atoms. The molecule has 0 spiro atoms. The van der Waals surface area contributed by atoms with Crippen LogP contribution in [0.15, 0.2) is 24.3 Å². The molecule has 1 N–H and O–H groups in total. The lowest BCUT2D eigenvalue weighted by Crippen LogP contribution is -2.34. The molecule has 19 heavy (non-hydrogen) atoms. The van der Waals surface area contributed by atoms with E-state index in [-0.39, 0.29) is 0 Å². The molecule has 0 aromatic heterocycles. The molecule has 0 radical (unpaired) electrons. The van der Waals surface area contributed by atoms with Gasteiger partial charge < -0.3 is 9.84 Å². The second kappa shape index (κ2) is 6.09. The normalized spacial score (nSPS) is 17.9. The number of aryl methyl sites for hydroxylation is 1. The zero-order chi connectivity index (χ0) is 13.7. The largest absolute Gasteiger partial charge is 0.493 e. The molecular weight excluding hydrogens is 240 g/mol. The highest BCUT2D eigenvalue weighted by atomic mass is 16.5. The van der Waals surface area contributed by atoms with Gasteiger partial charge in [0.25, 0.3) is 0 Å². The lowest BCUT2D eigenvalue weighted by molar-refractivity contribution is -0.152. The fraction of sp³-hybridized carbons (Fsp3) is 0.562. The molecule has 3 heteroatoms. The first kappa shape index (κ1) is 13.9. The molecule has 0 heterocycles. The summed E-state index contributed by atoms with van der Waals surface area (Å²) < 4.78 is 5.75. The number of carbonyl (C=O) groups is 1. The molecule has 1 aliphatic carbocycles. The van der Waals surface area contributed by atoms with Crippen LogP contribution in [0.3, 0.4) is 0 Å². The fourth-order valence-corrected chi connectivity index (χ4v) is 2.87. The van der Waals surface area contributed by atoms with Gasteiger partial charge in [0, 0.05) is 0 Å². The van der Waals surface area contributed by atoms with E-state index >= 15 is 0 Å². The zero-order valence-electron chi connectivity index (χ0n) is 11.5. The second-order valence-electron chi connectivity index (χ2n) is 5.51. The van der Waals surface area contributed by atoms with Gasteiger partial charge in [0.1, 0.15) is 5.75 Å². The van der Waals surface area contributed by atoms with E-state index in [0.29, 0.717) is 13.0 Å². The Morgan fingerprint density at radius 1 is 1.26 bits per heavy atom. The van der Waals surface area contributed by atoms with Crippen molar-refractivity contribution in [2.75, 3.05) is 6.61 Å². The molecule has 104 valence electrons. The van der Waals surface area contributed by atoms with Gasteiger partial charge in [0.05, 0.1) is 12.0 Å². The van der Waals surface area contributed by atoms with Gasteiger partial charge in [-0.15, -0.1) is 0 Å². The van der Waals surface area contributed by atoms with Crippen molar-refractivity contribution in [1.29, 1.82) is 0 Å². The Balaban J connectivity index is 1.93. The number of ether oxygens (including phenoxy) is 1. The lowest BCUT2D eigenvalue weighted by atomic mass is 9.72. The highest BCUT2D eigenvalue weighted by Gasteiger charge is 2.39. The Kier molecular flexibility index (Phi) is 4.46. The molecule has 1 aromatic rings. The molecule has 0 aliphatic heterocycles. The number of carboxylic acid groups (broad SMARTS) is 1. The van der Waals surface area contributed by atoms with Crippen LogP contribution in [0.1, 0.15) is 44.1 Å². The van der Waals surface area contributed by atoms with Crippen molar-refractivity contribution in [3.8, 4) is 5.75 Å². The maximum Gasteiger partial charge on any atom is 0.309 e. The molecule has 1 saturated carbocycles. The summed E-state index contributed by atoms with van der Waals surface area (Å²) in [4.78, 5) is 11.5. The summed E-state index contributed by atoms with van der Waals surface area (Å²) >= 11 is 0. The summed E-state index contributed by atoms with van der Waals surface area (Å²) in [5.74, 6) is 0.208. The first-order chi connectivity index (χ1) is 9.14. The molecule has 2 rings (SSSR count). The van der Waals surface area contributed by atoms with E-state index in [0.717, 1.165) is 43.4 Å². The van der Waals surface area contributed by atoms with Gasteiger partial charge in [-0.2, -0.15) is 0 Å². The van der Waals surface area contributed by atoms with Crippen LogP contribution in [0.4, 0.5) is 0 Å². The zero-order valence-corrected chi connectivity index (χ0v) is 11.5. The Morgan fingerprint density at radius 2 is 1.95 bits per heavy atom. The Bertz CT molecular complexity index is 433. The van der Waals surface area contributed by atoms with Gasteiger partial charge in [-0.05, 0) is 37.8 Å². The predicted molar refractivity (Wildman–Crippen MR) is 74.4 cm³/mol. The van der Waals surface area contributed by atoms with Gasteiger partial charge in [-0.1, -0.05) is 37.5 Å². The minimum atomic E-state index is -0.652. The van der Waals surface area contributed by atoms with E-state index < -0.39 is 11.4 Å². The molecule has 1 fully saturated rings. The first-order valence-corrected chi connectivity index (χ1v) is 7.06. The van der Waals surface area contributed by atoms with Crippen molar-refractivity contribution in [3.05, 3.63) is 29.8 Å². The van der Waals surface area contributed by atoms with E-state index in [9.17, 15) is 9.90 Å². The molecule has 1 aromatic carbocycles. The van der Waals surface area contributed by atoms with Gasteiger partial charge in [0.15, 0.2) is 0 Å². The average molecular weight is 262 g/mol. The third kappa shape index (κ3) is 3.28. The summed E-state index contributed by atoms with van der Waals surface area (Å²) in [5.41, 5.74) is 0.538. The highest BCUT2D eigenvalue weighted by Crippen LogP contribution is 2.39. The predicted octanol–water partition coefficient (Wildman–Crippen LogP) is 3.80. The quantitative estimate of drug-likeness (QED) is 0.878. The summed E-state index contributed by atoms with van der Waals surface area (Å²) in [7, 11) is 0. The highest BCUT2D eigenvalue weighted by molar-refractivity contribution is 5.74. The van der Waals surface area contributed by atoms with E-state index in [1.54, 1.807) is 0 Å². The van der Waals surface area contributed by atoms with E-state index in [1.807, 2.05) is 31.2 Å². The van der Waals surface area contributed by atoms with Crippen molar-refractivity contribution >= 4 is 5.97 Å². The van der Waals surface area contributed by atoms with Crippen LogP contribution >= 0.6 is 0 Å². The molecule has 0 unspecified atom stereocenters. The number of benzene rings is 1. The van der Waals surface area contributed by atoms with Crippen LogP contribution in [0.25, 0.3) is 0 Å². The number of carboxylic acids is 1. The Morgan fingerprint density at radius 3 is 2.58 bits per heavy atom. The minimum Gasteiger partial charge on any atom is -0.493 e. The fourth-order valence-electron chi connectivity index (χ4n) is 2.87. The van der Waals surface area contributed by atoms with E-state index in [1.165, 1.54) is 0 Å². The molecule has 1 aliphatic rings. The summed E-state index contributed by atoms with van der Waals surface area (Å²) in [6.07, 6.45) is 5.40. The molecule has 0 atom stereocenters. The lowest BCUT2D eigenvalue weighted by Gasteiger charge is -2.33. The SMILES string of the molecule is Cc1ccccc1OCCC1(C(=O)O)CCCCC1. The molecule has 0 amide bonds. The smallest absolute Gasteiger partial charge is 0.309 e. The van der Waals surface area contributed by atoms with Crippen LogP contribution in [-0.2, 0) is 4.79 Å². The minimum absolute atomic E-state index is 0.483.